The number of hydrogen-bond acceptors (Lipinski definition) is 2. The van der Waals surface area contributed by atoms with E-state index >= 15 is 0 Å². The lowest BCUT2D eigenvalue weighted by Gasteiger charge is -2.00. The molecule has 0 unspecified atom stereocenters. The van der Waals surface area contributed by atoms with Gasteiger partial charge in [-0.3, -0.25) is 0 Å². The zero-order valence-electron chi connectivity index (χ0n) is 7.63. The van der Waals surface area contributed by atoms with Crippen LogP contribution in [-0.4, -0.2) is 11.5 Å². The summed E-state index contributed by atoms with van der Waals surface area (Å²) >= 11 is 3.33. The van der Waals surface area contributed by atoms with Crippen LogP contribution in [0.5, 0.6) is 0 Å². The van der Waals surface area contributed by atoms with Crippen molar-refractivity contribution in [1.82, 2.24) is 4.98 Å². The van der Waals surface area contributed by atoms with Crippen LogP contribution in [0.3, 0.4) is 0 Å². The summed E-state index contributed by atoms with van der Waals surface area (Å²) in [5, 5.41) is 3.19. The first-order chi connectivity index (χ1) is 6.33. The summed E-state index contributed by atoms with van der Waals surface area (Å²) in [4.78, 5) is 4.18. The maximum Gasteiger partial charge on any atom is 0.126 e. The normalized spacial score (nSPS) is 10.6. The Morgan fingerprint density at radius 3 is 2.92 bits per heavy atom. The molecule has 0 spiro atoms. The molecule has 0 saturated carbocycles. The Bertz CT molecular complexity index is 267. The van der Waals surface area contributed by atoms with Gasteiger partial charge in [-0.05, 0) is 34.5 Å². The Kier molecular flexibility index (Phi) is 4.54. The SMILES string of the molecule is CC/C=C/CNc1ccc(Br)cn1. The van der Waals surface area contributed by atoms with Gasteiger partial charge in [0, 0.05) is 17.2 Å². The fourth-order valence-corrected chi connectivity index (χ4v) is 1.13. The fourth-order valence-electron chi connectivity index (χ4n) is 0.894. The van der Waals surface area contributed by atoms with E-state index in [4.69, 9.17) is 0 Å². The summed E-state index contributed by atoms with van der Waals surface area (Å²) < 4.78 is 1.00. The summed E-state index contributed by atoms with van der Waals surface area (Å²) in [7, 11) is 0. The van der Waals surface area contributed by atoms with E-state index < -0.39 is 0 Å². The van der Waals surface area contributed by atoms with Gasteiger partial charge in [-0.2, -0.15) is 0 Å². The minimum Gasteiger partial charge on any atom is -0.367 e. The zero-order chi connectivity index (χ0) is 9.52. The summed E-state index contributed by atoms with van der Waals surface area (Å²) in [6, 6.07) is 3.92. The monoisotopic (exact) mass is 240 g/mol. The van der Waals surface area contributed by atoms with E-state index in [1.54, 1.807) is 6.20 Å². The van der Waals surface area contributed by atoms with Crippen molar-refractivity contribution < 1.29 is 0 Å². The van der Waals surface area contributed by atoms with Gasteiger partial charge in [-0.25, -0.2) is 4.98 Å². The Hall–Kier alpha value is -0.830. The third kappa shape index (κ3) is 4.08. The molecule has 0 fully saturated rings. The first-order valence-electron chi connectivity index (χ1n) is 4.33. The molecule has 3 heteroatoms. The molecule has 1 heterocycles. The molecule has 1 rings (SSSR count). The van der Waals surface area contributed by atoms with Crippen LogP contribution in [0.25, 0.3) is 0 Å². The molecule has 13 heavy (non-hydrogen) atoms. The molecule has 1 N–H and O–H groups in total. The van der Waals surface area contributed by atoms with Gasteiger partial charge in [0.1, 0.15) is 5.82 Å². The van der Waals surface area contributed by atoms with Crippen LogP contribution in [0.2, 0.25) is 0 Å². The number of rotatable bonds is 4. The lowest BCUT2D eigenvalue weighted by Crippen LogP contribution is -1.99. The quantitative estimate of drug-likeness (QED) is 0.818. The minimum atomic E-state index is 0.836. The first kappa shape index (κ1) is 10.3. The summed E-state index contributed by atoms with van der Waals surface area (Å²) in [6.07, 6.45) is 7.09. The van der Waals surface area contributed by atoms with Gasteiger partial charge in [0.15, 0.2) is 0 Å². The Balaban J connectivity index is 2.37. The lowest BCUT2D eigenvalue weighted by atomic mass is 10.4. The number of nitrogens with one attached hydrogen (secondary N) is 1. The molecule has 2 nitrogen and oxygen atoms in total. The van der Waals surface area contributed by atoms with E-state index in [1.165, 1.54) is 0 Å². The number of pyridine rings is 1. The van der Waals surface area contributed by atoms with Crippen LogP contribution >= 0.6 is 15.9 Å². The summed E-state index contributed by atoms with van der Waals surface area (Å²) in [5.41, 5.74) is 0. The van der Waals surface area contributed by atoms with Gasteiger partial charge in [-0.1, -0.05) is 19.1 Å². The Labute approximate surface area is 87.2 Å². The smallest absolute Gasteiger partial charge is 0.126 e. The summed E-state index contributed by atoms with van der Waals surface area (Å²) in [6.45, 7) is 2.96. The lowest BCUT2D eigenvalue weighted by molar-refractivity contribution is 1.18. The number of anilines is 1. The molecular weight excluding hydrogens is 228 g/mol. The van der Waals surface area contributed by atoms with Crippen molar-refractivity contribution in [1.29, 1.82) is 0 Å². The number of hydrogen-bond donors (Lipinski definition) is 1. The van der Waals surface area contributed by atoms with Gasteiger partial charge < -0.3 is 5.32 Å². The van der Waals surface area contributed by atoms with Crippen molar-refractivity contribution >= 4 is 21.7 Å². The molecule has 70 valence electrons. The maximum atomic E-state index is 4.18. The van der Waals surface area contributed by atoms with Gasteiger partial charge in [-0.15, -0.1) is 0 Å². The second-order valence-corrected chi connectivity index (χ2v) is 3.54. The first-order valence-corrected chi connectivity index (χ1v) is 5.12. The van der Waals surface area contributed by atoms with Crippen molar-refractivity contribution in [2.75, 3.05) is 11.9 Å². The summed E-state index contributed by atoms with van der Waals surface area (Å²) in [5.74, 6) is 0.906. The number of allylic oxidation sites excluding steroid dienone is 1. The average Bonchev–Trinajstić information content (AvgIpc) is 2.15. The molecule has 1 aromatic rings. The second kappa shape index (κ2) is 5.75. The standard InChI is InChI=1S/C10H13BrN2/c1-2-3-4-7-12-10-6-5-9(11)8-13-10/h3-6,8H,2,7H2,1H3,(H,12,13)/b4-3+. The van der Waals surface area contributed by atoms with Crippen LogP contribution in [0.4, 0.5) is 5.82 Å². The number of nitrogens with zero attached hydrogens (tertiary/aromatic N) is 1. The predicted molar refractivity (Wildman–Crippen MR) is 59.9 cm³/mol. The number of halogens is 1. The molecule has 0 aliphatic rings. The highest BCUT2D eigenvalue weighted by Crippen LogP contribution is 2.09. The van der Waals surface area contributed by atoms with Gasteiger partial charge in [0.05, 0.1) is 0 Å². The van der Waals surface area contributed by atoms with Crippen LogP contribution in [0, 0.1) is 0 Å². The topological polar surface area (TPSA) is 24.9 Å². The van der Waals surface area contributed by atoms with E-state index in [2.05, 4.69) is 45.3 Å². The zero-order valence-corrected chi connectivity index (χ0v) is 9.21. The average molecular weight is 241 g/mol. The van der Waals surface area contributed by atoms with Crippen molar-refractivity contribution in [3.05, 3.63) is 35.0 Å². The molecule has 0 aliphatic carbocycles. The van der Waals surface area contributed by atoms with E-state index in [-0.39, 0.29) is 0 Å². The van der Waals surface area contributed by atoms with E-state index in [0.717, 1.165) is 23.3 Å². The molecule has 0 amide bonds. The Morgan fingerprint density at radius 2 is 2.31 bits per heavy atom. The van der Waals surface area contributed by atoms with Crippen LogP contribution in [0.15, 0.2) is 35.0 Å². The van der Waals surface area contributed by atoms with Gasteiger partial charge in [0.2, 0.25) is 0 Å². The third-order valence-corrected chi connectivity index (χ3v) is 2.00. The molecule has 0 saturated heterocycles. The largest absolute Gasteiger partial charge is 0.367 e. The maximum absolute atomic E-state index is 4.18. The highest BCUT2D eigenvalue weighted by Gasteiger charge is 1.89. The van der Waals surface area contributed by atoms with Crippen molar-refractivity contribution in [2.45, 2.75) is 13.3 Å². The van der Waals surface area contributed by atoms with Crippen LogP contribution in [0.1, 0.15) is 13.3 Å². The minimum absolute atomic E-state index is 0.836. The van der Waals surface area contributed by atoms with Crippen molar-refractivity contribution in [3.63, 3.8) is 0 Å². The van der Waals surface area contributed by atoms with Gasteiger partial charge >= 0.3 is 0 Å². The molecular formula is C10H13BrN2. The molecule has 0 aliphatic heterocycles. The predicted octanol–water partition coefficient (Wildman–Crippen LogP) is 3.22. The highest BCUT2D eigenvalue weighted by atomic mass is 79.9. The van der Waals surface area contributed by atoms with Crippen molar-refractivity contribution in [3.8, 4) is 0 Å². The van der Waals surface area contributed by atoms with E-state index in [0.29, 0.717) is 0 Å². The Morgan fingerprint density at radius 1 is 1.46 bits per heavy atom. The molecule has 0 radical (unpaired) electrons. The van der Waals surface area contributed by atoms with E-state index in [9.17, 15) is 0 Å². The van der Waals surface area contributed by atoms with E-state index in [1.807, 2.05) is 12.1 Å². The molecule has 0 atom stereocenters. The number of aromatic nitrogens is 1. The van der Waals surface area contributed by atoms with Crippen molar-refractivity contribution in [2.24, 2.45) is 0 Å². The molecule has 1 aromatic heterocycles. The molecule has 0 bridgehead atoms. The van der Waals surface area contributed by atoms with Gasteiger partial charge in [0.25, 0.3) is 0 Å². The molecule has 0 aromatic carbocycles. The second-order valence-electron chi connectivity index (χ2n) is 2.62. The van der Waals surface area contributed by atoms with Crippen LogP contribution < -0.4 is 5.32 Å². The fraction of sp³-hybridized carbons (Fsp3) is 0.300. The third-order valence-electron chi connectivity index (χ3n) is 1.53. The van der Waals surface area contributed by atoms with Crippen LogP contribution in [-0.2, 0) is 0 Å². The highest BCUT2D eigenvalue weighted by molar-refractivity contribution is 9.10.